The van der Waals surface area contributed by atoms with E-state index in [1.165, 1.54) is 0 Å². The summed E-state index contributed by atoms with van der Waals surface area (Å²) in [5.74, 6) is 0.654. The average Bonchev–Trinajstić information content (AvgIpc) is 2.17. The van der Waals surface area contributed by atoms with Crippen molar-refractivity contribution in [1.82, 2.24) is 10.2 Å². The molecule has 1 rings (SSSR count). The van der Waals surface area contributed by atoms with Crippen molar-refractivity contribution >= 4 is 5.82 Å². The predicted molar refractivity (Wildman–Crippen MR) is 53.1 cm³/mol. The van der Waals surface area contributed by atoms with Crippen molar-refractivity contribution in [3.8, 4) is 0 Å². The van der Waals surface area contributed by atoms with Crippen LogP contribution < -0.4 is 5.32 Å². The normalized spacial score (nSPS) is 12.5. The number of aliphatic hydroxyl groups is 1. The Morgan fingerprint density at radius 1 is 1.64 bits per heavy atom. The third kappa shape index (κ3) is 3.27. The van der Waals surface area contributed by atoms with Crippen molar-refractivity contribution < 1.29 is 9.84 Å². The summed E-state index contributed by atoms with van der Waals surface area (Å²) >= 11 is 0. The van der Waals surface area contributed by atoms with Crippen LogP contribution in [-0.4, -0.2) is 41.7 Å². The third-order valence-electron chi connectivity index (χ3n) is 1.73. The molecule has 0 aliphatic heterocycles. The Kier molecular flexibility index (Phi) is 4.28. The molecule has 0 radical (unpaired) electrons. The smallest absolute Gasteiger partial charge is 0.149 e. The van der Waals surface area contributed by atoms with Crippen LogP contribution in [0.25, 0.3) is 0 Å². The highest BCUT2D eigenvalue weighted by Gasteiger charge is 2.07. The third-order valence-corrected chi connectivity index (χ3v) is 1.73. The van der Waals surface area contributed by atoms with E-state index in [0.717, 1.165) is 5.56 Å². The monoisotopic (exact) mass is 197 g/mol. The van der Waals surface area contributed by atoms with E-state index in [-0.39, 0.29) is 12.6 Å². The zero-order chi connectivity index (χ0) is 10.4. The zero-order valence-electron chi connectivity index (χ0n) is 8.40. The van der Waals surface area contributed by atoms with Crippen molar-refractivity contribution in [2.24, 2.45) is 0 Å². The second-order valence-electron chi connectivity index (χ2n) is 3.10. The van der Waals surface area contributed by atoms with Gasteiger partial charge < -0.3 is 15.2 Å². The maximum Gasteiger partial charge on any atom is 0.149 e. The lowest BCUT2D eigenvalue weighted by Crippen LogP contribution is -2.29. The van der Waals surface area contributed by atoms with Crippen molar-refractivity contribution in [2.45, 2.75) is 13.0 Å². The van der Waals surface area contributed by atoms with E-state index >= 15 is 0 Å². The minimum Gasteiger partial charge on any atom is -0.394 e. The summed E-state index contributed by atoms with van der Waals surface area (Å²) < 4.78 is 4.93. The van der Waals surface area contributed by atoms with E-state index in [4.69, 9.17) is 9.84 Å². The van der Waals surface area contributed by atoms with Gasteiger partial charge in [0.05, 0.1) is 25.5 Å². The molecule has 0 aliphatic carbocycles. The fraction of sp³-hybridized carbons (Fsp3) is 0.556. The number of anilines is 1. The number of rotatable bonds is 5. The maximum atomic E-state index is 9.00. The summed E-state index contributed by atoms with van der Waals surface area (Å²) in [6.45, 7) is 2.37. The van der Waals surface area contributed by atoms with E-state index in [2.05, 4.69) is 15.5 Å². The quantitative estimate of drug-likeness (QED) is 0.706. The molecule has 14 heavy (non-hydrogen) atoms. The molecule has 1 aromatic heterocycles. The van der Waals surface area contributed by atoms with Gasteiger partial charge in [-0.05, 0) is 18.6 Å². The molecule has 2 N–H and O–H groups in total. The first-order chi connectivity index (χ1) is 6.76. The first kappa shape index (κ1) is 10.9. The lowest BCUT2D eigenvalue weighted by Gasteiger charge is -2.15. The molecule has 0 saturated carbocycles. The predicted octanol–water partition coefficient (Wildman–Crippen LogP) is 0.204. The molecule has 5 heteroatoms. The van der Waals surface area contributed by atoms with Crippen LogP contribution >= 0.6 is 0 Å². The Labute approximate surface area is 83.1 Å². The second kappa shape index (κ2) is 5.51. The Hall–Kier alpha value is -1.20. The van der Waals surface area contributed by atoms with Crippen LogP contribution in [-0.2, 0) is 4.74 Å². The van der Waals surface area contributed by atoms with Gasteiger partial charge in [-0.25, -0.2) is 0 Å². The lowest BCUT2D eigenvalue weighted by atomic mass is 10.3. The number of ether oxygens (including phenoxy) is 1. The van der Waals surface area contributed by atoms with Gasteiger partial charge in [0, 0.05) is 7.11 Å². The molecule has 5 nitrogen and oxygen atoms in total. The van der Waals surface area contributed by atoms with Gasteiger partial charge in [0.1, 0.15) is 5.82 Å². The molecule has 0 aromatic carbocycles. The first-order valence-corrected chi connectivity index (χ1v) is 4.42. The Balaban J connectivity index is 2.57. The highest BCUT2D eigenvalue weighted by molar-refractivity contribution is 5.36. The van der Waals surface area contributed by atoms with Crippen molar-refractivity contribution in [2.75, 3.05) is 25.6 Å². The number of methoxy groups -OCH3 is 1. The van der Waals surface area contributed by atoms with Gasteiger partial charge in [-0.1, -0.05) is 0 Å². The number of hydrogen-bond acceptors (Lipinski definition) is 5. The van der Waals surface area contributed by atoms with E-state index < -0.39 is 0 Å². The van der Waals surface area contributed by atoms with Gasteiger partial charge in [-0.3, -0.25) is 0 Å². The molecule has 0 bridgehead atoms. The summed E-state index contributed by atoms with van der Waals surface area (Å²) in [4.78, 5) is 0. The minimum absolute atomic E-state index is 0.00343. The molecule has 0 spiro atoms. The van der Waals surface area contributed by atoms with E-state index in [1.54, 1.807) is 13.3 Å². The minimum atomic E-state index is -0.143. The zero-order valence-corrected chi connectivity index (χ0v) is 8.40. The fourth-order valence-corrected chi connectivity index (χ4v) is 1.08. The van der Waals surface area contributed by atoms with E-state index in [1.807, 2.05) is 13.0 Å². The molecule has 0 aliphatic rings. The molecule has 1 aromatic rings. The number of hydrogen-bond donors (Lipinski definition) is 2. The maximum absolute atomic E-state index is 9.00. The molecule has 1 unspecified atom stereocenters. The molecule has 78 valence electrons. The Bertz CT molecular complexity index is 281. The van der Waals surface area contributed by atoms with Gasteiger partial charge in [0.25, 0.3) is 0 Å². The summed E-state index contributed by atoms with van der Waals surface area (Å²) in [6.07, 6.45) is 1.68. The molecule has 1 atom stereocenters. The van der Waals surface area contributed by atoms with Gasteiger partial charge in [-0.15, -0.1) is 5.10 Å². The number of aromatic nitrogens is 2. The second-order valence-corrected chi connectivity index (χ2v) is 3.10. The van der Waals surface area contributed by atoms with Crippen LogP contribution in [0.3, 0.4) is 0 Å². The molecular formula is C9H15N3O2. The van der Waals surface area contributed by atoms with Crippen LogP contribution in [0.4, 0.5) is 5.82 Å². The van der Waals surface area contributed by atoms with E-state index in [0.29, 0.717) is 12.4 Å². The highest BCUT2D eigenvalue weighted by atomic mass is 16.5. The molecule has 0 amide bonds. The van der Waals surface area contributed by atoms with E-state index in [9.17, 15) is 0 Å². The Morgan fingerprint density at radius 2 is 2.43 bits per heavy atom. The van der Waals surface area contributed by atoms with Gasteiger partial charge in [0.15, 0.2) is 0 Å². The number of aryl methyl sites for hydroxylation is 1. The van der Waals surface area contributed by atoms with Crippen LogP contribution in [0.15, 0.2) is 12.3 Å². The summed E-state index contributed by atoms with van der Waals surface area (Å²) in [6, 6.07) is 1.72. The number of nitrogens with zero attached hydrogens (tertiary/aromatic N) is 2. The standard InChI is InChI=1S/C9H15N3O2/c1-7-3-9(12-10-4-7)11-8(5-13)6-14-2/h3-4,8,13H,5-6H2,1-2H3,(H,11,12). The van der Waals surface area contributed by atoms with Crippen molar-refractivity contribution in [3.05, 3.63) is 17.8 Å². The topological polar surface area (TPSA) is 67.3 Å². The largest absolute Gasteiger partial charge is 0.394 e. The average molecular weight is 197 g/mol. The van der Waals surface area contributed by atoms with Gasteiger partial charge in [-0.2, -0.15) is 5.10 Å². The molecule has 0 fully saturated rings. The first-order valence-electron chi connectivity index (χ1n) is 4.42. The molecule has 0 saturated heterocycles. The SMILES string of the molecule is COCC(CO)Nc1cc(C)cnn1. The summed E-state index contributed by atoms with van der Waals surface area (Å²) in [7, 11) is 1.59. The van der Waals surface area contributed by atoms with Crippen molar-refractivity contribution in [3.63, 3.8) is 0 Å². The van der Waals surface area contributed by atoms with Crippen LogP contribution in [0.1, 0.15) is 5.56 Å². The summed E-state index contributed by atoms with van der Waals surface area (Å²) in [5, 5.41) is 19.7. The number of nitrogens with one attached hydrogen (secondary N) is 1. The van der Waals surface area contributed by atoms with Crippen LogP contribution in [0.5, 0.6) is 0 Å². The van der Waals surface area contributed by atoms with Gasteiger partial charge in [0.2, 0.25) is 0 Å². The van der Waals surface area contributed by atoms with Crippen LogP contribution in [0, 0.1) is 6.92 Å². The van der Waals surface area contributed by atoms with Crippen LogP contribution in [0.2, 0.25) is 0 Å². The Morgan fingerprint density at radius 3 is 3.00 bits per heavy atom. The summed E-state index contributed by atoms with van der Waals surface area (Å²) in [5.41, 5.74) is 1.02. The van der Waals surface area contributed by atoms with Gasteiger partial charge >= 0.3 is 0 Å². The lowest BCUT2D eigenvalue weighted by molar-refractivity contribution is 0.153. The van der Waals surface area contributed by atoms with Crippen molar-refractivity contribution in [1.29, 1.82) is 0 Å². The fourth-order valence-electron chi connectivity index (χ4n) is 1.08. The number of aliphatic hydroxyl groups excluding tert-OH is 1. The molecular weight excluding hydrogens is 182 g/mol. The highest BCUT2D eigenvalue weighted by Crippen LogP contribution is 2.05. The molecule has 1 heterocycles.